The van der Waals surface area contributed by atoms with Gasteiger partial charge in [-0.05, 0) is 37.1 Å². The smallest absolute Gasteiger partial charge is 0.325 e. The summed E-state index contributed by atoms with van der Waals surface area (Å²) in [6.45, 7) is -0.285. The maximum absolute atomic E-state index is 12.3. The summed E-state index contributed by atoms with van der Waals surface area (Å²) in [5.41, 5.74) is 0.190. The molecule has 3 rings (SSSR count). The largest absolute Gasteiger partial charge is 0.497 e. The number of ether oxygens (including phenoxy) is 1. The third kappa shape index (κ3) is 3.34. The summed E-state index contributed by atoms with van der Waals surface area (Å²) in [4.78, 5) is 37.7. The summed E-state index contributed by atoms with van der Waals surface area (Å²) in [7, 11) is 1.56. The summed E-state index contributed by atoms with van der Waals surface area (Å²) < 4.78 is 5.05. The van der Waals surface area contributed by atoms with Crippen molar-refractivity contribution in [1.82, 2.24) is 10.2 Å². The highest BCUT2D eigenvalue weighted by Crippen LogP contribution is 2.35. The van der Waals surface area contributed by atoms with Crippen molar-refractivity contribution in [2.24, 2.45) is 0 Å². The van der Waals surface area contributed by atoms with Crippen molar-refractivity contribution in [3.8, 4) is 5.75 Å². The molecule has 0 radical (unpaired) electrons. The molecule has 1 spiro atoms. The highest BCUT2D eigenvalue weighted by atomic mass is 16.5. The van der Waals surface area contributed by atoms with E-state index in [-0.39, 0.29) is 18.9 Å². The third-order valence-corrected chi connectivity index (χ3v) is 4.64. The lowest BCUT2D eigenvalue weighted by molar-refractivity contribution is -0.134. The second-order valence-electron chi connectivity index (χ2n) is 6.35. The van der Waals surface area contributed by atoms with Crippen LogP contribution in [0.3, 0.4) is 0 Å². The molecule has 2 fully saturated rings. The highest BCUT2D eigenvalue weighted by molar-refractivity contribution is 6.03. The zero-order valence-corrected chi connectivity index (χ0v) is 13.6. The van der Waals surface area contributed by atoms with Crippen molar-refractivity contribution >= 4 is 23.5 Å². The number of nitrogens with one attached hydrogen (secondary N) is 2. The number of benzene rings is 1. The normalized spacial score (nSPS) is 19.3. The van der Waals surface area contributed by atoms with Gasteiger partial charge in [0, 0.05) is 5.69 Å². The SMILES string of the molecule is COc1ccc(NC(=O)CN2C(=O)CC3(CCCC3)NC2=O)cc1. The van der Waals surface area contributed by atoms with E-state index in [1.54, 1.807) is 31.4 Å². The van der Waals surface area contributed by atoms with Gasteiger partial charge >= 0.3 is 6.03 Å². The standard InChI is InChI=1S/C17H21N3O4/c1-24-13-6-4-12(5-7-13)18-14(21)11-20-15(22)10-17(19-16(20)23)8-2-3-9-17/h4-7H,2-3,8-11H2,1H3,(H,18,21)(H,19,23). The molecule has 2 aliphatic rings. The van der Waals surface area contributed by atoms with E-state index in [0.29, 0.717) is 11.4 Å². The lowest BCUT2D eigenvalue weighted by Gasteiger charge is -2.38. The molecule has 1 aromatic carbocycles. The van der Waals surface area contributed by atoms with Crippen LogP contribution in [0.5, 0.6) is 5.75 Å². The fourth-order valence-electron chi connectivity index (χ4n) is 3.37. The Labute approximate surface area is 140 Å². The first-order chi connectivity index (χ1) is 11.5. The first-order valence-electron chi connectivity index (χ1n) is 8.08. The van der Waals surface area contributed by atoms with Gasteiger partial charge in [0.25, 0.3) is 0 Å². The summed E-state index contributed by atoms with van der Waals surface area (Å²) in [6, 6.07) is 6.36. The molecule has 7 heteroatoms. The zero-order chi connectivity index (χ0) is 17.2. The molecule has 1 saturated carbocycles. The van der Waals surface area contributed by atoms with Gasteiger partial charge in [-0.15, -0.1) is 0 Å². The Morgan fingerprint density at radius 1 is 1.25 bits per heavy atom. The molecule has 1 aromatic rings. The fraction of sp³-hybridized carbons (Fsp3) is 0.471. The Balaban J connectivity index is 1.59. The summed E-state index contributed by atoms with van der Waals surface area (Å²) in [5.74, 6) is -0.0167. The van der Waals surface area contributed by atoms with Crippen molar-refractivity contribution < 1.29 is 19.1 Å². The van der Waals surface area contributed by atoms with Crippen LogP contribution >= 0.6 is 0 Å². The molecular formula is C17H21N3O4. The number of carbonyl (C=O) groups is 3. The van der Waals surface area contributed by atoms with Crippen LogP contribution in [0, 0.1) is 0 Å². The molecule has 1 aliphatic heterocycles. The van der Waals surface area contributed by atoms with Crippen molar-refractivity contribution in [2.75, 3.05) is 19.0 Å². The molecular weight excluding hydrogens is 310 g/mol. The molecule has 0 aromatic heterocycles. The maximum atomic E-state index is 12.3. The van der Waals surface area contributed by atoms with Crippen molar-refractivity contribution in [3.63, 3.8) is 0 Å². The van der Waals surface area contributed by atoms with Crippen LogP contribution in [0.1, 0.15) is 32.1 Å². The molecule has 1 saturated heterocycles. The molecule has 2 N–H and O–H groups in total. The first kappa shape index (κ1) is 16.3. The molecule has 7 nitrogen and oxygen atoms in total. The minimum atomic E-state index is -0.474. The second-order valence-corrected chi connectivity index (χ2v) is 6.35. The number of hydrogen-bond donors (Lipinski definition) is 2. The van der Waals surface area contributed by atoms with Crippen LogP contribution in [0.25, 0.3) is 0 Å². The van der Waals surface area contributed by atoms with Gasteiger partial charge in [-0.25, -0.2) is 4.79 Å². The number of methoxy groups -OCH3 is 1. The number of carbonyl (C=O) groups excluding carboxylic acids is 3. The van der Waals surface area contributed by atoms with E-state index >= 15 is 0 Å². The van der Waals surface area contributed by atoms with E-state index in [1.165, 1.54) is 0 Å². The highest BCUT2D eigenvalue weighted by Gasteiger charge is 2.44. The molecule has 0 atom stereocenters. The molecule has 0 bridgehead atoms. The topological polar surface area (TPSA) is 87.7 Å². The molecule has 24 heavy (non-hydrogen) atoms. The van der Waals surface area contributed by atoms with Crippen molar-refractivity contribution in [2.45, 2.75) is 37.6 Å². The van der Waals surface area contributed by atoms with Gasteiger partial charge in [-0.3, -0.25) is 14.5 Å². The Kier molecular flexibility index (Phi) is 4.42. The van der Waals surface area contributed by atoms with Crippen LogP contribution in [-0.2, 0) is 9.59 Å². The maximum Gasteiger partial charge on any atom is 0.325 e. The summed E-state index contributed by atoms with van der Waals surface area (Å²) in [6.07, 6.45) is 3.97. The van der Waals surface area contributed by atoms with Crippen LogP contribution in [0.4, 0.5) is 10.5 Å². The van der Waals surface area contributed by atoms with Gasteiger partial charge in [-0.2, -0.15) is 0 Å². The van der Waals surface area contributed by atoms with Gasteiger partial charge < -0.3 is 15.4 Å². The predicted molar refractivity (Wildman–Crippen MR) is 87.7 cm³/mol. The van der Waals surface area contributed by atoms with Crippen molar-refractivity contribution in [3.05, 3.63) is 24.3 Å². The molecule has 1 heterocycles. The van der Waals surface area contributed by atoms with Crippen LogP contribution < -0.4 is 15.4 Å². The average Bonchev–Trinajstić information content (AvgIpc) is 2.99. The van der Waals surface area contributed by atoms with Crippen LogP contribution in [0.2, 0.25) is 0 Å². The second kappa shape index (κ2) is 6.51. The van der Waals surface area contributed by atoms with E-state index in [9.17, 15) is 14.4 Å². The number of amides is 4. The molecule has 1 aliphatic carbocycles. The van der Waals surface area contributed by atoms with Crippen LogP contribution in [0.15, 0.2) is 24.3 Å². The van der Waals surface area contributed by atoms with E-state index in [1.807, 2.05) is 0 Å². The predicted octanol–water partition coefficient (Wildman–Crippen LogP) is 1.89. The molecule has 128 valence electrons. The van der Waals surface area contributed by atoms with E-state index < -0.39 is 17.5 Å². The average molecular weight is 331 g/mol. The minimum absolute atomic E-state index is 0.272. The Morgan fingerprint density at radius 2 is 1.92 bits per heavy atom. The number of nitrogens with zero attached hydrogens (tertiary/aromatic N) is 1. The Hall–Kier alpha value is -2.57. The van der Waals surface area contributed by atoms with E-state index in [4.69, 9.17) is 4.74 Å². The summed E-state index contributed by atoms with van der Waals surface area (Å²) in [5, 5.41) is 5.60. The van der Waals surface area contributed by atoms with Gasteiger partial charge in [0.15, 0.2) is 0 Å². The number of hydrogen-bond acceptors (Lipinski definition) is 4. The van der Waals surface area contributed by atoms with Crippen molar-refractivity contribution in [1.29, 1.82) is 0 Å². The number of anilines is 1. The lowest BCUT2D eigenvalue weighted by atomic mass is 9.91. The third-order valence-electron chi connectivity index (χ3n) is 4.64. The van der Waals surface area contributed by atoms with Crippen LogP contribution in [-0.4, -0.2) is 41.9 Å². The number of rotatable bonds is 4. The fourth-order valence-corrected chi connectivity index (χ4v) is 3.37. The monoisotopic (exact) mass is 331 g/mol. The van der Waals surface area contributed by atoms with E-state index in [0.717, 1.165) is 30.6 Å². The van der Waals surface area contributed by atoms with Gasteiger partial charge in [0.2, 0.25) is 11.8 Å². The number of imide groups is 1. The van der Waals surface area contributed by atoms with Gasteiger partial charge in [-0.1, -0.05) is 12.8 Å². The minimum Gasteiger partial charge on any atom is -0.497 e. The zero-order valence-electron chi connectivity index (χ0n) is 13.6. The Morgan fingerprint density at radius 3 is 2.50 bits per heavy atom. The number of urea groups is 1. The first-order valence-corrected chi connectivity index (χ1v) is 8.08. The molecule has 0 unspecified atom stereocenters. The lowest BCUT2D eigenvalue weighted by Crippen LogP contribution is -2.62. The van der Waals surface area contributed by atoms with Gasteiger partial charge in [0.1, 0.15) is 12.3 Å². The summed E-state index contributed by atoms with van der Waals surface area (Å²) >= 11 is 0. The quantitative estimate of drug-likeness (QED) is 0.882. The molecule has 4 amide bonds. The van der Waals surface area contributed by atoms with Gasteiger partial charge in [0.05, 0.1) is 19.1 Å². The van der Waals surface area contributed by atoms with E-state index in [2.05, 4.69) is 10.6 Å². The Bertz CT molecular complexity index is 630.